The Labute approximate surface area is 114 Å². The SMILES string of the molecule is Cc1ncn(C2CCC(NC(C)C)(C(N)=O)C2)c1C. The summed E-state index contributed by atoms with van der Waals surface area (Å²) in [5.74, 6) is -0.238. The molecule has 5 nitrogen and oxygen atoms in total. The van der Waals surface area contributed by atoms with Crippen molar-refractivity contribution in [1.82, 2.24) is 14.9 Å². The third-order valence-corrected chi connectivity index (χ3v) is 4.21. The second-order valence-corrected chi connectivity index (χ2v) is 5.96. The first-order valence-corrected chi connectivity index (χ1v) is 6.93. The van der Waals surface area contributed by atoms with Crippen LogP contribution in [-0.2, 0) is 4.79 Å². The Hall–Kier alpha value is -1.36. The Morgan fingerprint density at radius 2 is 2.26 bits per heavy atom. The molecule has 0 saturated heterocycles. The first kappa shape index (κ1) is 14.1. The predicted octanol–water partition coefficient (Wildman–Crippen LogP) is 1.45. The van der Waals surface area contributed by atoms with E-state index in [-0.39, 0.29) is 11.9 Å². The standard InChI is InChI=1S/C14H24N4O/c1-9(2)17-14(13(15)19)6-5-12(7-14)18-8-16-10(3)11(18)4/h8-9,12,17H,5-7H2,1-4H3,(H2,15,19). The summed E-state index contributed by atoms with van der Waals surface area (Å²) in [7, 11) is 0. The molecular formula is C14H24N4O. The van der Waals surface area contributed by atoms with Gasteiger partial charge in [-0.3, -0.25) is 4.79 Å². The topological polar surface area (TPSA) is 72.9 Å². The van der Waals surface area contributed by atoms with Gasteiger partial charge in [0.1, 0.15) is 0 Å². The number of carbonyl (C=O) groups excluding carboxylic acids is 1. The maximum absolute atomic E-state index is 11.9. The van der Waals surface area contributed by atoms with Crippen molar-refractivity contribution in [2.45, 2.75) is 64.6 Å². The van der Waals surface area contributed by atoms with Crippen LogP contribution in [0, 0.1) is 13.8 Å². The van der Waals surface area contributed by atoms with Crippen LogP contribution in [0.1, 0.15) is 50.5 Å². The molecular weight excluding hydrogens is 240 g/mol. The number of aryl methyl sites for hydroxylation is 1. The van der Waals surface area contributed by atoms with Gasteiger partial charge in [-0.05, 0) is 47.0 Å². The summed E-state index contributed by atoms with van der Waals surface area (Å²) < 4.78 is 2.18. The molecule has 0 aliphatic heterocycles. The number of rotatable bonds is 4. The lowest BCUT2D eigenvalue weighted by molar-refractivity contribution is -0.124. The minimum Gasteiger partial charge on any atom is -0.368 e. The number of nitrogens with zero attached hydrogens (tertiary/aromatic N) is 2. The molecule has 1 aliphatic rings. The van der Waals surface area contributed by atoms with Crippen LogP contribution in [0.3, 0.4) is 0 Å². The van der Waals surface area contributed by atoms with Gasteiger partial charge in [0.25, 0.3) is 0 Å². The first-order valence-electron chi connectivity index (χ1n) is 6.93. The van der Waals surface area contributed by atoms with E-state index in [0.29, 0.717) is 6.04 Å². The molecule has 1 amide bonds. The summed E-state index contributed by atoms with van der Waals surface area (Å²) in [5, 5.41) is 3.37. The minimum absolute atomic E-state index is 0.238. The van der Waals surface area contributed by atoms with Crippen LogP contribution in [0.25, 0.3) is 0 Å². The van der Waals surface area contributed by atoms with Gasteiger partial charge in [0, 0.05) is 17.8 Å². The molecule has 2 unspecified atom stereocenters. The van der Waals surface area contributed by atoms with Gasteiger partial charge in [-0.1, -0.05) is 0 Å². The van der Waals surface area contributed by atoms with Crippen LogP contribution in [-0.4, -0.2) is 27.0 Å². The summed E-state index contributed by atoms with van der Waals surface area (Å²) in [4.78, 5) is 16.2. The van der Waals surface area contributed by atoms with E-state index in [2.05, 4.69) is 21.8 Å². The van der Waals surface area contributed by atoms with Crippen LogP contribution < -0.4 is 11.1 Å². The van der Waals surface area contributed by atoms with E-state index in [4.69, 9.17) is 5.73 Å². The van der Waals surface area contributed by atoms with E-state index >= 15 is 0 Å². The average Bonchev–Trinajstić information content (AvgIpc) is 2.85. The fourth-order valence-electron chi connectivity index (χ4n) is 3.12. The number of aromatic nitrogens is 2. The Morgan fingerprint density at radius 3 is 2.74 bits per heavy atom. The van der Waals surface area contributed by atoms with Crippen LogP contribution in [0.4, 0.5) is 0 Å². The van der Waals surface area contributed by atoms with Crippen molar-refractivity contribution in [3.8, 4) is 0 Å². The highest BCUT2D eigenvalue weighted by Crippen LogP contribution is 2.38. The van der Waals surface area contributed by atoms with E-state index in [1.54, 1.807) is 0 Å². The zero-order chi connectivity index (χ0) is 14.2. The first-order chi connectivity index (χ1) is 8.85. The lowest BCUT2D eigenvalue weighted by Gasteiger charge is -2.29. The van der Waals surface area contributed by atoms with E-state index in [1.807, 2.05) is 27.1 Å². The van der Waals surface area contributed by atoms with Crippen molar-refractivity contribution < 1.29 is 4.79 Å². The molecule has 1 aromatic heterocycles. The van der Waals surface area contributed by atoms with Gasteiger partial charge in [-0.15, -0.1) is 0 Å². The normalized spacial score (nSPS) is 27.1. The molecule has 106 valence electrons. The highest BCUT2D eigenvalue weighted by atomic mass is 16.1. The van der Waals surface area contributed by atoms with Gasteiger partial charge >= 0.3 is 0 Å². The smallest absolute Gasteiger partial charge is 0.237 e. The molecule has 2 atom stereocenters. The average molecular weight is 264 g/mol. The summed E-state index contributed by atoms with van der Waals surface area (Å²) in [6.07, 6.45) is 4.38. The van der Waals surface area contributed by atoms with Crippen molar-refractivity contribution in [3.63, 3.8) is 0 Å². The van der Waals surface area contributed by atoms with Crippen LogP contribution in [0.2, 0.25) is 0 Å². The third kappa shape index (κ3) is 2.52. The van der Waals surface area contributed by atoms with E-state index in [0.717, 1.165) is 25.0 Å². The Balaban J connectivity index is 2.21. The van der Waals surface area contributed by atoms with Gasteiger partial charge in [0.15, 0.2) is 0 Å². The lowest BCUT2D eigenvalue weighted by Crippen LogP contribution is -2.56. The number of amides is 1. The number of hydrogen-bond acceptors (Lipinski definition) is 3. The molecule has 0 radical (unpaired) electrons. The van der Waals surface area contributed by atoms with Crippen LogP contribution in [0.15, 0.2) is 6.33 Å². The summed E-state index contributed by atoms with van der Waals surface area (Å²) in [6, 6.07) is 0.553. The molecule has 2 rings (SSSR count). The number of carbonyl (C=O) groups is 1. The second-order valence-electron chi connectivity index (χ2n) is 5.96. The van der Waals surface area contributed by atoms with Gasteiger partial charge in [0.2, 0.25) is 5.91 Å². The molecule has 0 spiro atoms. The third-order valence-electron chi connectivity index (χ3n) is 4.21. The highest BCUT2D eigenvalue weighted by molar-refractivity contribution is 5.85. The van der Waals surface area contributed by atoms with E-state index in [9.17, 15) is 4.79 Å². The quantitative estimate of drug-likeness (QED) is 0.864. The van der Waals surface area contributed by atoms with Gasteiger partial charge in [0.05, 0.1) is 17.6 Å². The number of nitrogens with one attached hydrogen (secondary N) is 1. The van der Waals surface area contributed by atoms with Crippen LogP contribution >= 0.6 is 0 Å². The zero-order valence-corrected chi connectivity index (χ0v) is 12.2. The molecule has 19 heavy (non-hydrogen) atoms. The molecule has 3 N–H and O–H groups in total. The molecule has 1 aliphatic carbocycles. The van der Waals surface area contributed by atoms with Crippen molar-refractivity contribution in [2.75, 3.05) is 0 Å². The second kappa shape index (κ2) is 4.96. The molecule has 5 heteroatoms. The zero-order valence-electron chi connectivity index (χ0n) is 12.2. The van der Waals surface area contributed by atoms with Crippen molar-refractivity contribution >= 4 is 5.91 Å². The Bertz CT molecular complexity index is 480. The van der Waals surface area contributed by atoms with E-state index in [1.165, 1.54) is 5.69 Å². The number of hydrogen-bond donors (Lipinski definition) is 2. The summed E-state index contributed by atoms with van der Waals surface area (Å²) in [6.45, 7) is 8.17. The molecule has 0 bridgehead atoms. The number of imidazole rings is 1. The van der Waals surface area contributed by atoms with Crippen molar-refractivity contribution in [3.05, 3.63) is 17.7 Å². The molecule has 1 aromatic rings. The summed E-state index contributed by atoms with van der Waals surface area (Å²) >= 11 is 0. The minimum atomic E-state index is -0.566. The molecule has 1 heterocycles. The number of primary amides is 1. The summed E-state index contributed by atoms with van der Waals surface area (Å²) in [5.41, 5.74) is 7.30. The van der Waals surface area contributed by atoms with Gasteiger partial charge in [-0.25, -0.2) is 4.98 Å². The molecule has 0 aromatic carbocycles. The monoisotopic (exact) mass is 264 g/mol. The lowest BCUT2D eigenvalue weighted by atomic mass is 9.95. The highest BCUT2D eigenvalue weighted by Gasteiger charge is 2.45. The molecule has 1 saturated carbocycles. The van der Waals surface area contributed by atoms with Crippen LogP contribution in [0.5, 0.6) is 0 Å². The largest absolute Gasteiger partial charge is 0.368 e. The van der Waals surface area contributed by atoms with Crippen molar-refractivity contribution in [1.29, 1.82) is 0 Å². The van der Waals surface area contributed by atoms with Crippen molar-refractivity contribution in [2.24, 2.45) is 5.73 Å². The van der Waals surface area contributed by atoms with E-state index < -0.39 is 5.54 Å². The van der Waals surface area contributed by atoms with Gasteiger partial charge in [-0.2, -0.15) is 0 Å². The maximum Gasteiger partial charge on any atom is 0.237 e. The predicted molar refractivity (Wildman–Crippen MR) is 74.8 cm³/mol. The Morgan fingerprint density at radius 1 is 1.58 bits per heavy atom. The fourth-order valence-corrected chi connectivity index (χ4v) is 3.12. The molecule has 1 fully saturated rings. The Kier molecular flexibility index (Phi) is 3.67. The number of nitrogens with two attached hydrogens (primary N) is 1. The maximum atomic E-state index is 11.9. The fraction of sp³-hybridized carbons (Fsp3) is 0.714. The van der Waals surface area contributed by atoms with Gasteiger partial charge < -0.3 is 15.6 Å².